The topological polar surface area (TPSA) is 90.2 Å². The smallest absolute Gasteiger partial charge is 0.188 e. The van der Waals surface area contributed by atoms with Crippen molar-refractivity contribution >= 4 is 0 Å². The van der Waals surface area contributed by atoms with E-state index in [0.717, 1.165) is 25.7 Å². The first-order chi connectivity index (χ1) is 11.4. The van der Waals surface area contributed by atoms with Crippen LogP contribution in [0.15, 0.2) is 12.2 Å². The third-order valence-electron chi connectivity index (χ3n) is 6.73. The lowest BCUT2D eigenvalue weighted by Crippen LogP contribution is -2.47. The van der Waals surface area contributed by atoms with Gasteiger partial charge in [0.2, 0.25) is 0 Å². The normalized spacial score (nSPS) is 42.3. The minimum Gasteiger partial charge on any atom is -0.394 e. The summed E-state index contributed by atoms with van der Waals surface area (Å²) in [5.74, 6) is -1.35. The molecule has 5 unspecified atom stereocenters. The molecule has 1 heterocycles. The highest BCUT2D eigenvalue weighted by molar-refractivity contribution is 5.14. The molecule has 0 aromatic heterocycles. The fraction of sp³-hybridized carbons (Fsp3) is 0.900. The molecule has 0 radical (unpaired) electrons. The number of hydrogen-bond acceptors (Lipinski definition) is 5. The zero-order chi connectivity index (χ0) is 19.1. The van der Waals surface area contributed by atoms with Crippen LogP contribution in [0, 0.1) is 11.3 Å². The van der Waals surface area contributed by atoms with Crippen LogP contribution in [0.2, 0.25) is 0 Å². The fourth-order valence-corrected chi connectivity index (χ4v) is 4.89. The van der Waals surface area contributed by atoms with E-state index in [1.807, 2.05) is 6.92 Å². The maximum Gasteiger partial charge on any atom is 0.188 e. The van der Waals surface area contributed by atoms with Crippen molar-refractivity contribution < 1.29 is 25.2 Å². The molecule has 0 bridgehead atoms. The van der Waals surface area contributed by atoms with Gasteiger partial charge in [0, 0.05) is 6.42 Å². The van der Waals surface area contributed by atoms with Crippen molar-refractivity contribution in [2.24, 2.45) is 11.3 Å². The molecule has 2 rings (SSSR count). The fourth-order valence-electron chi connectivity index (χ4n) is 4.89. The van der Waals surface area contributed by atoms with E-state index in [2.05, 4.69) is 20.4 Å². The van der Waals surface area contributed by atoms with Gasteiger partial charge in [0.05, 0.1) is 17.8 Å². The van der Waals surface area contributed by atoms with E-state index in [4.69, 9.17) is 4.74 Å². The zero-order valence-electron chi connectivity index (χ0n) is 16.2. The summed E-state index contributed by atoms with van der Waals surface area (Å²) in [5.41, 5.74) is -1.05. The van der Waals surface area contributed by atoms with E-state index >= 15 is 0 Å². The first-order valence-corrected chi connectivity index (χ1v) is 9.48. The van der Waals surface area contributed by atoms with E-state index in [0.29, 0.717) is 24.8 Å². The van der Waals surface area contributed by atoms with Gasteiger partial charge in [0.1, 0.15) is 6.10 Å². The number of ether oxygens (including phenoxy) is 1. The highest BCUT2D eigenvalue weighted by Crippen LogP contribution is 2.50. The van der Waals surface area contributed by atoms with Crippen LogP contribution in [0.5, 0.6) is 0 Å². The van der Waals surface area contributed by atoms with E-state index in [1.54, 1.807) is 6.92 Å². The van der Waals surface area contributed by atoms with Crippen molar-refractivity contribution in [1.82, 2.24) is 0 Å². The molecule has 5 atom stereocenters. The molecule has 1 saturated carbocycles. The van der Waals surface area contributed by atoms with Gasteiger partial charge in [-0.3, -0.25) is 0 Å². The quantitative estimate of drug-likeness (QED) is 0.549. The van der Waals surface area contributed by atoms with Crippen LogP contribution in [-0.2, 0) is 4.74 Å². The summed E-state index contributed by atoms with van der Waals surface area (Å²) in [4.78, 5) is 0. The summed E-state index contributed by atoms with van der Waals surface area (Å²) in [6.07, 6.45) is 3.99. The molecule has 1 aliphatic carbocycles. The van der Waals surface area contributed by atoms with Crippen molar-refractivity contribution in [3.8, 4) is 0 Å². The first-order valence-electron chi connectivity index (χ1n) is 9.48. The molecular weight excluding hydrogens is 320 g/mol. The Labute approximate surface area is 151 Å². The lowest BCUT2D eigenvalue weighted by molar-refractivity contribution is -0.224. The maximum atomic E-state index is 10.9. The maximum absolute atomic E-state index is 10.9. The van der Waals surface area contributed by atoms with Gasteiger partial charge < -0.3 is 25.2 Å². The predicted molar refractivity (Wildman–Crippen MR) is 96.9 cm³/mol. The Hall–Kier alpha value is -0.460. The van der Waals surface area contributed by atoms with Crippen LogP contribution < -0.4 is 0 Å². The summed E-state index contributed by atoms with van der Waals surface area (Å²) < 4.78 is 5.78. The van der Waals surface area contributed by atoms with Crippen molar-refractivity contribution in [2.75, 3.05) is 6.61 Å². The Kier molecular flexibility index (Phi) is 5.78. The lowest BCUT2D eigenvalue weighted by atomic mass is 9.60. The monoisotopic (exact) mass is 356 g/mol. The molecule has 0 aromatic carbocycles. The summed E-state index contributed by atoms with van der Waals surface area (Å²) in [5, 5.41) is 40.8. The van der Waals surface area contributed by atoms with Crippen molar-refractivity contribution in [2.45, 2.75) is 95.7 Å². The highest BCUT2D eigenvalue weighted by Gasteiger charge is 2.51. The van der Waals surface area contributed by atoms with Crippen LogP contribution in [0.1, 0.15) is 72.6 Å². The van der Waals surface area contributed by atoms with E-state index < -0.39 is 29.7 Å². The molecule has 1 saturated heterocycles. The van der Waals surface area contributed by atoms with Gasteiger partial charge >= 0.3 is 0 Å². The van der Waals surface area contributed by atoms with Crippen molar-refractivity contribution in [1.29, 1.82) is 0 Å². The second-order valence-electron chi connectivity index (χ2n) is 9.29. The lowest BCUT2D eigenvalue weighted by Gasteiger charge is -2.48. The number of aliphatic hydroxyl groups is 4. The van der Waals surface area contributed by atoms with Gasteiger partial charge in [0.25, 0.3) is 0 Å². The Morgan fingerprint density at radius 2 is 1.76 bits per heavy atom. The van der Waals surface area contributed by atoms with Gasteiger partial charge in [-0.05, 0) is 62.9 Å². The largest absolute Gasteiger partial charge is 0.394 e. The van der Waals surface area contributed by atoms with E-state index in [9.17, 15) is 20.4 Å². The molecule has 146 valence electrons. The highest BCUT2D eigenvalue weighted by atomic mass is 16.7. The molecule has 2 aliphatic rings. The zero-order valence-corrected chi connectivity index (χ0v) is 16.2. The summed E-state index contributed by atoms with van der Waals surface area (Å²) >= 11 is 0. The van der Waals surface area contributed by atoms with Gasteiger partial charge in [-0.2, -0.15) is 0 Å². The van der Waals surface area contributed by atoms with E-state index in [-0.39, 0.29) is 11.3 Å². The minimum atomic E-state index is -1.48. The second-order valence-corrected chi connectivity index (χ2v) is 9.29. The molecule has 2 fully saturated rings. The predicted octanol–water partition coefficient (Wildman–Crippen LogP) is 2.51. The molecular formula is C20H36O5. The summed E-state index contributed by atoms with van der Waals surface area (Å²) in [7, 11) is 0. The molecule has 0 spiro atoms. The molecule has 1 aliphatic heterocycles. The van der Waals surface area contributed by atoms with Crippen LogP contribution in [0.4, 0.5) is 0 Å². The third-order valence-corrected chi connectivity index (χ3v) is 6.73. The van der Waals surface area contributed by atoms with Gasteiger partial charge in [-0.25, -0.2) is 0 Å². The Balaban J connectivity index is 2.02. The second kappa shape index (κ2) is 6.93. The summed E-state index contributed by atoms with van der Waals surface area (Å²) in [6.45, 7) is 11.6. The van der Waals surface area contributed by atoms with Gasteiger partial charge in [-0.1, -0.05) is 26.8 Å². The van der Waals surface area contributed by atoms with Crippen molar-refractivity contribution in [3.63, 3.8) is 0 Å². The molecule has 4 N–H and O–H groups in total. The average molecular weight is 357 g/mol. The third kappa shape index (κ3) is 4.11. The SMILES string of the molecule is C=C(CCC1C(C)(C)CCCC1(C)O)C1(O)CCC(C)(C(O)CO)O1. The standard InChI is InChI=1S/C20H36O5/c1-14(20(24)12-11-19(5,25-20)16(22)13-21)7-8-15-17(2,3)9-6-10-18(15,4)23/h15-16,21-24H,1,6-13H2,2-5H3. The Morgan fingerprint density at radius 3 is 2.32 bits per heavy atom. The molecule has 25 heavy (non-hydrogen) atoms. The molecule has 0 amide bonds. The Morgan fingerprint density at radius 1 is 1.12 bits per heavy atom. The Bertz CT molecular complexity index is 484. The van der Waals surface area contributed by atoms with Crippen LogP contribution in [0.3, 0.4) is 0 Å². The summed E-state index contributed by atoms with van der Waals surface area (Å²) in [6, 6.07) is 0. The van der Waals surface area contributed by atoms with E-state index in [1.165, 1.54) is 0 Å². The van der Waals surface area contributed by atoms with Gasteiger partial charge in [0.15, 0.2) is 5.79 Å². The van der Waals surface area contributed by atoms with Crippen LogP contribution in [-0.4, -0.2) is 50.1 Å². The number of hydrogen-bond donors (Lipinski definition) is 4. The minimum absolute atomic E-state index is 0.0444. The first kappa shape index (κ1) is 20.8. The molecule has 5 nitrogen and oxygen atoms in total. The van der Waals surface area contributed by atoms with Crippen molar-refractivity contribution in [3.05, 3.63) is 12.2 Å². The molecule has 5 heteroatoms. The molecule has 0 aromatic rings. The number of rotatable bonds is 6. The van der Waals surface area contributed by atoms with Crippen LogP contribution >= 0.6 is 0 Å². The number of aliphatic hydroxyl groups excluding tert-OH is 2. The average Bonchev–Trinajstić information content (AvgIpc) is 2.82. The van der Waals surface area contributed by atoms with Gasteiger partial charge in [-0.15, -0.1) is 0 Å². The van der Waals surface area contributed by atoms with Crippen LogP contribution in [0.25, 0.3) is 0 Å².